The highest BCUT2D eigenvalue weighted by atomic mass is 19.4. The minimum Gasteiger partial charge on any atom is -0.444 e. The zero-order valence-electron chi connectivity index (χ0n) is 15.7. The van der Waals surface area contributed by atoms with Crippen LogP contribution in [0.5, 0.6) is 0 Å². The average Bonchev–Trinajstić information content (AvgIpc) is 2.50. The molecule has 6 nitrogen and oxygen atoms in total. The Morgan fingerprint density at radius 1 is 0.778 bits per heavy atom. The molecule has 1 fully saturated rings. The first-order valence-electron chi connectivity index (χ1n) is 8.18. The summed E-state index contributed by atoms with van der Waals surface area (Å²) in [5, 5.41) is 0. The summed E-state index contributed by atoms with van der Waals surface area (Å²) in [5.74, 6) is 0. The maximum atomic E-state index is 12.4. The number of ether oxygens (including phenoxy) is 2. The lowest BCUT2D eigenvalue weighted by Gasteiger charge is -2.35. The van der Waals surface area contributed by atoms with E-state index in [2.05, 4.69) is 4.74 Å². The smallest absolute Gasteiger partial charge is 0.434 e. The Labute approximate surface area is 153 Å². The van der Waals surface area contributed by atoms with Gasteiger partial charge in [0.2, 0.25) is 0 Å². The number of hydrogen-bond acceptors (Lipinski definition) is 4. The molecule has 27 heavy (non-hydrogen) atoms. The third-order valence-corrected chi connectivity index (χ3v) is 3.00. The Kier molecular flexibility index (Phi) is 8.71. The van der Waals surface area contributed by atoms with Crippen molar-refractivity contribution in [2.45, 2.75) is 58.7 Å². The van der Waals surface area contributed by atoms with Crippen LogP contribution in [0.3, 0.4) is 0 Å². The van der Waals surface area contributed by atoms with Crippen molar-refractivity contribution in [2.75, 3.05) is 26.2 Å². The highest BCUT2D eigenvalue weighted by Gasteiger charge is 2.60. The molecule has 0 aliphatic carbocycles. The number of rotatable bonds is 1. The van der Waals surface area contributed by atoms with Gasteiger partial charge in [-0.15, -0.1) is 0 Å². The van der Waals surface area contributed by atoms with Gasteiger partial charge in [-0.1, -0.05) is 13.8 Å². The van der Waals surface area contributed by atoms with Gasteiger partial charge in [-0.2, -0.15) is 26.3 Å². The fraction of sp³-hybridized carbons (Fsp3) is 0.867. The number of piperazine rings is 1. The van der Waals surface area contributed by atoms with Gasteiger partial charge in [-0.25, -0.2) is 9.59 Å². The summed E-state index contributed by atoms with van der Waals surface area (Å²) in [6.07, 6.45) is -18.2. The zero-order chi connectivity index (χ0) is 21.6. The lowest BCUT2D eigenvalue weighted by atomic mass is 10.2. The van der Waals surface area contributed by atoms with Crippen LogP contribution in [0.1, 0.15) is 34.6 Å². The molecular formula is C15H24F6N2O4. The van der Waals surface area contributed by atoms with Gasteiger partial charge in [-0.3, -0.25) is 0 Å². The van der Waals surface area contributed by atoms with E-state index in [0.29, 0.717) is 4.90 Å². The standard InChI is InChI=1S/C13H18F6N2O4.C2H6/c1-11(2,3)25-10(23)21-6-4-20(5-7-21)9(22)24-8(12(14,15)16)13(17,18)19;1-2/h8H,4-7H2,1-3H3;1-2H3. The van der Waals surface area contributed by atoms with Crippen LogP contribution in [0.25, 0.3) is 0 Å². The van der Waals surface area contributed by atoms with E-state index in [1.165, 1.54) is 4.90 Å². The van der Waals surface area contributed by atoms with Gasteiger partial charge in [0.1, 0.15) is 5.60 Å². The predicted octanol–water partition coefficient (Wildman–Crippen LogP) is 4.20. The zero-order valence-corrected chi connectivity index (χ0v) is 15.7. The van der Waals surface area contributed by atoms with Crippen LogP contribution < -0.4 is 0 Å². The van der Waals surface area contributed by atoms with Gasteiger partial charge < -0.3 is 19.3 Å². The molecule has 1 aliphatic heterocycles. The van der Waals surface area contributed by atoms with Crippen molar-refractivity contribution >= 4 is 12.2 Å². The quantitative estimate of drug-likeness (QED) is 0.608. The Morgan fingerprint density at radius 3 is 1.41 bits per heavy atom. The normalized spacial score (nSPS) is 15.9. The van der Waals surface area contributed by atoms with Gasteiger partial charge >= 0.3 is 24.5 Å². The summed E-state index contributed by atoms with van der Waals surface area (Å²) in [6.45, 7) is 8.13. The molecule has 0 N–H and O–H groups in total. The Bertz CT molecular complexity index is 480. The molecule has 0 radical (unpaired) electrons. The van der Waals surface area contributed by atoms with Crippen LogP contribution in [0, 0.1) is 0 Å². The second-order valence-corrected chi connectivity index (χ2v) is 6.30. The summed E-state index contributed by atoms with van der Waals surface area (Å²) < 4.78 is 83.0. The SMILES string of the molecule is CC.CC(C)(C)OC(=O)N1CCN(C(=O)OC(C(F)(F)F)C(F)(F)F)CC1. The molecule has 0 spiro atoms. The van der Waals surface area contributed by atoms with Crippen molar-refractivity contribution in [3.63, 3.8) is 0 Å². The second kappa shape index (κ2) is 9.36. The minimum absolute atomic E-state index is 0.104. The number of amides is 2. The van der Waals surface area contributed by atoms with E-state index >= 15 is 0 Å². The first kappa shape index (κ1) is 25.1. The number of alkyl halides is 6. The van der Waals surface area contributed by atoms with Gasteiger partial charge in [0.05, 0.1) is 0 Å². The van der Waals surface area contributed by atoms with Crippen molar-refractivity contribution in [2.24, 2.45) is 0 Å². The maximum Gasteiger partial charge on any atom is 0.434 e. The van der Waals surface area contributed by atoms with Crippen molar-refractivity contribution in [3.05, 3.63) is 0 Å². The van der Waals surface area contributed by atoms with Crippen LogP contribution in [0.4, 0.5) is 35.9 Å². The van der Waals surface area contributed by atoms with Gasteiger partial charge in [-0.05, 0) is 20.8 Å². The maximum absolute atomic E-state index is 12.4. The molecule has 0 aromatic rings. The minimum atomic E-state index is -5.77. The molecular weight excluding hydrogens is 386 g/mol. The first-order chi connectivity index (χ1) is 12.1. The molecule has 1 aliphatic rings. The van der Waals surface area contributed by atoms with Crippen molar-refractivity contribution in [1.29, 1.82) is 0 Å². The van der Waals surface area contributed by atoms with Crippen molar-refractivity contribution < 1.29 is 45.4 Å². The second-order valence-electron chi connectivity index (χ2n) is 6.30. The third kappa shape index (κ3) is 8.57. The fourth-order valence-corrected chi connectivity index (χ4v) is 1.89. The van der Waals surface area contributed by atoms with E-state index in [-0.39, 0.29) is 26.2 Å². The number of nitrogens with zero attached hydrogens (tertiary/aromatic N) is 2. The summed E-state index contributed by atoms with van der Waals surface area (Å²) in [4.78, 5) is 25.2. The molecule has 12 heteroatoms. The van der Waals surface area contributed by atoms with E-state index in [1.807, 2.05) is 13.8 Å². The van der Waals surface area contributed by atoms with Crippen molar-refractivity contribution in [1.82, 2.24) is 9.80 Å². The lowest BCUT2D eigenvalue weighted by molar-refractivity contribution is -0.308. The Hall–Kier alpha value is -1.88. The molecule has 0 unspecified atom stereocenters. The van der Waals surface area contributed by atoms with Gasteiger partial charge in [0.25, 0.3) is 6.10 Å². The molecule has 0 atom stereocenters. The molecule has 0 saturated carbocycles. The van der Waals surface area contributed by atoms with Crippen LogP contribution in [0.15, 0.2) is 0 Å². The fourth-order valence-electron chi connectivity index (χ4n) is 1.89. The molecule has 0 aromatic heterocycles. The number of hydrogen-bond donors (Lipinski definition) is 0. The first-order valence-corrected chi connectivity index (χ1v) is 8.18. The molecule has 1 rings (SSSR count). The van der Waals surface area contributed by atoms with E-state index in [4.69, 9.17) is 4.74 Å². The average molecular weight is 410 g/mol. The predicted molar refractivity (Wildman–Crippen MR) is 83.1 cm³/mol. The van der Waals surface area contributed by atoms with E-state index < -0.39 is 36.2 Å². The molecule has 2 amide bonds. The molecule has 1 heterocycles. The van der Waals surface area contributed by atoms with Gasteiger partial charge in [0, 0.05) is 26.2 Å². The van der Waals surface area contributed by atoms with Crippen LogP contribution in [-0.4, -0.2) is 72.2 Å². The molecule has 1 saturated heterocycles. The molecule has 160 valence electrons. The number of carbonyl (C=O) groups excluding carboxylic acids is 2. The Balaban J connectivity index is 0.00000326. The van der Waals surface area contributed by atoms with Crippen molar-refractivity contribution in [3.8, 4) is 0 Å². The highest BCUT2D eigenvalue weighted by molar-refractivity contribution is 5.70. The largest absolute Gasteiger partial charge is 0.444 e. The topological polar surface area (TPSA) is 59.1 Å². The number of halogens is 6. The van der Waals surface area contributed by atoms with E-state index in [0.717, 1.165) is 0 Å². The van der Waals surface area contributed by atoms with Crippen LogP contribution in [0.2, 0.25) is 0 Å². The van der Waals surface area contributed by atoms with E-state index in [1.54, 1.807) is 20.8 Å². The Morgan fingerprint density at radius 2 is 1.11 bits per heavy atom. The third-order valence-electron chi connectivity index (χ3n) is 3.00. The number of carbonyl (C=O) groups is 2. The monoisotopic (exact) mass is 410 g/mol. The van der Waals surface area contributed by atoms with Gasteiger partial charge in [0.15, 0.2) is 0 Å². The summed E-state index contributed by atoms with van der Waals surface area (Å²) in [7, 11) is 0. The summed E-state index contributed by atoms with van der Waals surface area (Å²) in [5.41, 5.74) is -0.764. The summed E-state index contributed by atoms with van der Waals surface area (Å²) >= 11 is 0. The van der Waals surface area contributed by atoms with E-state index in [9.17, 15) is 35.9 Å². The summed E-state index contributed by atoms with van der Waals surface area (Å²) in [6, 6.07) is 0. The van der Waals surface area contributed by atoms with Crippen LogP contribution in [-0.2, 0) is 9.47 Å². The molecule has 0 bridgehead atoms. The van der Waals surface area contributed by atoms with Crippen LogP contribution >= 0.6 is 0 Å². The molecule has 0 aromatic carbocycles. The highest BCUT2D eigenvalue weighted by Crippen LogP contribution is 2.36. The lowest BCUT2D eigenvalue weighted by Crippen LogP contribution is -2.54.